The van der Waals surface area contributed by atoms with Gasteiger partial charge in [0.1, 0.15) is 11.5 Å². The maximum atomic E-state index is 13.1. The minimum absolute atomic E-state index is 0.0920. The summed E-state index contributed by atoms with van der Waals surface area (Å²) in [6, 6.07) is 16.9. The van der Waals surface area contributed by atoms with E-state index in [4.69, 9.17) is 30.5 Å². The van der Waals surface area contributed by atoms with E-state index in [2.05, 4.69) is 5.43 Å². The second-order valence-corrected chi connectivity index (χ2v) is 8.34. The van der Waals surface area contributed by atoms with Gasteiger partial charge in [-0.1, -0.05) is 23.7 Å². The molecule has 0 bridgehead atoms. The molecule has 0 saturated heterocycles. The van der Waals surface area contributed by atoms with Gasteiger partial charge in [-0.3, -0.25) is 20.4 Å². The zero-order valence-electron chi connectivity index (χ0n) is 21.1. The molecule has 208 valence electrons. The van der Waals surface area contributed by atoms with Crippen molar-refractivity contribution in [3.8, 4) is 11.5 Å². The molecule has 3 rings (SSSR count). The number of rotatable bonds is 10. The van der Waals surface area contributed by atoms with Crippen molar-refractivity contribution >= 4 is 41.3 Å². The molecule has 13 heteroatoms. The highest BCUT2D eigenvalue weighted by molar-refractivity contribution is 6.30. The van der Waals surface area contributed by atoms with Crippen LogP contribution in [0, 0.1) is 0 Å². The van der Waals surface area contributed by atoms with Gasteiger partial charge in [-0.15, -0.1) is 0 Å². The number of nitrogens with one attached hydrogen (secondary N) is 2. The predicted molar refractivity (Wildman–Crippen MR) is 139 cm³/mol. The van der Waals surface area contributed by atoms with Gasteiger partial charge in [-0.25, -0.2) is 14.4 Å². The average molecular weight is 571 g/mol. The summed E-state index contributed by atoms with van der Waals surface area (Å²) in [6.07, 6.45) is -4.56. The molecule has 12 nitrogen and oxygen atoms in total. The summed E-state index contributed by atoms with van der Waals surface area (Å²) in [7, 11) is 2.73. The molecule has 0 spiro atoms. The monoisotopic (exact) mass is 570 g/mol. The van der Waals surface area contributed by atoms with Gasteiger partial charge in [0.05, 0.1) is 25.3 Å². The van der Waals surface area contributed by atoms with Crippen LogP contribution in [0.4, 0.5) is 0 Å². The van der Waals surface area contributed by atoms with Crippen molar-refractivity contribution < 1.29 is 48.0 Å². The van der Waals surface area contributed by atoms with E-state index < -0.39 is 41.9 Å². The van der Waals surface area contributed by atoms with Crippen molar-refractivity contribution in [1.82, 2.24) is 10.9 Å². The normalized spacial score (nSPS) is 11.8. The molecule has 0 saturated carbocycles. The Bertz CT molecular complexity index is 1410. The largest absolute Gasteiger partial charge is 0.497 e. The molecule has 0 aliphatic heterocycles. The van der Waals surface area contributed by atoms with Crippen molar-refractivity contribution in [2.75, 3.05) is 14.2 Å². The molecule has 0 unspecified atom stereocenters. The second kappa shape index (κ2) is 13.6. The summed E-state index contributed by atoms with van der Waals surface area (Å²) >= 11 is 5.81. The molecule has 0 heterocycles. The standard InChI is InChI=1S/C27H23ClN2O10/c1-37-19-7-3-5-16(13-19)26(35)39-21(24(32)30-29-23(31)15-9-11-18(28)12-10-15)22(25(33)34)40-27(36)17-6-4-8-20(14-17)38-2/h3-14,21-22H,1-2H3,(H,29,31)(H,30,32)(H,33,34)/t21-,22-/m1/s1. The molecule has 3 N–H and O–H groups in total. The van der Waals surface area contributed by atoms with Gasteiger partial charge in [-0.05, 0) is 60.7 Å². The minimum Gasteiger partial charge on any atom is -0.497 e. The summed E-state index contributed by atoms with van der Waals surface area (Å²) in [4.78, 5) is 63.3. The number of carboxylic acids is 1. The van der Waals surface area contributed by atoms with E-state index >= 15 is 0 Å². The lowest BCUT2D eigenvalue weighted by Gasteiger charge is -2.23. The molecule has 3 aromatic carbocycles. The number of ether oxygens (including phenoxy) is 4. The molecule has 2 atom stereocenters. The SMILES string of the molecule is COc1cccc(C(=O)O[C@@H](C(=O)O)[C@@H](OC(=O)c2cccc(OC)c2)C(=O)NNC(=O)c2ccc(Cl)cc2)c1. The van der Waals surface area contributed by atoms with Crippen molar-refractivity contribution in [2.45, 2.75) is 12.2 Å². The van der Waals surface area contributed by atoms with Gasteiger partial charge in [0.2, 0.25) is 12.2 Å². The Morgan fingerprint density at radius 1 is 0.700 bits per heavy atom. The van der Waals surface area contributed by atoms with Gasteiger partial charge in [0, 0.05) is 10.6 Å². The molecule has 0 fully saturated rings. The van der Waals surface area contributed by atoms with Crippen LogP contribution in [0.3, 0.4) is 0 Å². The lowest BCUT2D eigenvalue weighted by atomic mass is 10.1. The van der Waals surface area contributed by atoms with Crippen molar-refractivity contribution in [3.63, 3.8) is 0 Å². The van der Waals surface area contributed by atoms with Crippen LogP contribution in [0.1, 0.15) is 31.1 Å². The van der Waals surface area contributed by atoms with Gasteiger partial charge in [0.25, 0.3) is 11.8 Å². The first-order valence-corrected chi connectivity index (χ1v) is 11.8. The molecule has 2 amide bonds. The third-order valence-electron chi connectivity index (χ3n) is 5.26. The third-order valence-corrected chi connectivity index (χ3v) is 5.51. The van der Waals surface area contributed by atoms with Gasteiger partial charge in [0.15, 0.2) is 0 Å². The lowest BCUT2D eigenvalue weighted by molar-refractivity contribution is -0.159. The molecular formula is C27H23ClN2O10. The van der Waals surface area contributed by atoms with Crippen LogP contribution in [0.5, 0.6) is 11.5 Å². The minimum atomic E-state index is -2.32. The molecule has 40 heavy (non-hydrogen) atoms. The summed E-state index contributed by atoms with van der Waals surface area (Å²) in [6.45, 7) is 0. The van der Waals surface area contributed by atoms with Crippen LogP contribution in [0.2, 0.25) is 5.02 Å². The number of carbonyl (C=O) groups is 5. The van der Waals surface area contributed by atoms with E-state index in [-0.39, 0.29) is 28.2 Å². The molecular weight excluding hydrogens is 548 g/mol. The van der Waals surface area contributed by atoms with Crippen LogP contribution in [-0.2, 0) is 19.1 Å². The molecule has 3 aromatic rings. The zero-order valence-corrected chi connectivity index (χ0v) is 21.8. The number of benzene rings is 3. The number of esters is 2. The Labute approximate surface area is 232 Å². The average Bonchev–Trinajstić information content (AvgIpc) is 2.97. The first kappa shape index (κ1) is 29.5. The first-order valence-electron chi connectivity index (χ1n) is 11.4. The highest BCUT2D eigenvalue weighted by Crippen LogP contribution is 2.18. The number of halogens is 1. The number of amides is 2. The lowest BCUT2D eigenvalue weighted by Crippen LogP contribution is -2.54. The van der Waals surface area contributed by atoms with Crippen LogP contribution in [0.15, 0.2) is 72.8 Å². The van der Waals surface area contributed by atoms with E-state index in [1.807, 2.05) is 5.43 Å². The summed E-state index contributed by atoms with van der Waals surface area (Å²) in [5, 5.41) is 10.2. The quantitative estimate of drug-likeness (QED) is 0.243. The van der Waals surface area contributed by atoms with Crippen LogP contribution in [0.25, 0.3) is 0 Å². The Hall–Kier alpha value is -5.10. The molecule has 0 aromatic heterocycles. The van der Waals surface area contributed by atoms with Crippen molar-refractivity contribution in [3.05, 3.63) is 94.5 Å². The maximum absolute atomic E-state index is 13.1. The second-order valence-electron chi connectivity index (χ2n) is 7.90. The maximum Gasteiger partial charge on any atom is 0.349 e. The van der Waals surface area contributed by atoms with Gasteiger partial charge >= 0.3 is 17.9 Å². The fraction of sp³-hybridized carbons (Fsp3) is 0.148. The molecule has 0 radical (unpaired) electrons. The van der Waals surface area contributed by atoms with E-state index in [0.29, 0.717) is 5.02 Å². The summed E-state index contributed by atoms with van der Waals surface area (Å²) < 4.78 is 20.4. The highest BCUT2D eigenvalue weighted by atomic mass is 35.5. The number of aliphatic carboxylic acids is 1. The fourth-order valence-corrected chi connectivity index (χ4v) is 3.35. The number of carboxylic acid groups (broad SMARTS) is 1. The van der Waals surface area contributed by atoms with Crippen molar-refractivity contribution in [2.24, 2.45) is 0 Å². The highest BCUT2D eigenvalue weighted by Gasteiger charge is 2.41. The van der Waals surface area contributed by atoms with Crippen LogP contribution >= 0.6 is 11.6 Å². The molecule has 0 aliphatic rings. The van der Waals surface area contributed by atoms with Crippen molar-refractivity contribution in [1.29, 1.82) is 0 Å². The number of hydrogen-bond donors (Lipinski definition) is 3. The van der Waals surface area contributed by atoms with E-state index in [1.54, 1.807) is 12.1 Å². The Balaban J connectivity index is 1.87. The Morgan fingerprint density at radius 2 is 1.20 bits per heavy atom. The third kappa shape index (κ3) is 7.71. The van der Waals surface area contributed by atoms with E-state index in [1.165, 1.54) is 74.9 Å². The van der Waals surface area contributed by atoms with Crippen LogP contribution < -0.4 is 20.3 Å². The topological polar surface area (TPSA) is 167 Å². The number of hydrazine groups is 1. The summed E-state index contributed by atoms with van der Waals surface area (Å²) in [5.41, 5.74) is 3.99. The Kier molecular flexibility index (Phi) is 10.0. The van der Waals surface area contributed by atoms with E-state index in [0.717, 1.165) is 0 Å². The van der Waals surface area contributed by atoms with Gasteiger partial charge in [-0.2, -0.15) is 0 Å². The van der Waals surface area contributed by atoms with E-state index in [9.17, 15) is 29.1 Å². The zero-order chi connectivity index (χ0) is 29.2. The fourth-order valence-electron chi connectivity index (χ4n) is 3.22. The first-order chi connectivity index (χ1) is 19.1. The molecule has 0 aliphatic carbocycles. The number of hydrogen-bond acceptors (Lipinski definition) is 9. The predicted octanol–water partition coefficient (Wildman–Crippen LogP) is 2.65. The van der Waals surface area contributed by atoms with Gasteiger partial charge < -0.3 is 24.1 Å². The Morgan fingerprint density at radius 3 is 1.68 bits per heavy atom. The smallest absolute Gasteiger partial charge is 0.349 e. The number of carbonyl (C=O) groups excluding carboxylic acids is 4. The van der Waals surface area contributed by atoms with Crippen LogP contribution in [-0.4, -0.2) is 61.3 Å². The summed E-state index contributed by atoms with van der Waals surface area (Å²) in [5.74, 6) is -5.61. The number of methoxy groups -OCH3 is 2.